The van der Waals surface area contributed by atoms with E-state index in [1.54, 1.807) is 18.3 Å². The van der Waals surface area contributed by atoms with Crippen LogP contribution in [-0.2, 0) is 12.1 Å². The van der Waals surface area contributed by atoms with Gasteiger partial charge in [0, 0.05) is 17.5 Å². The number of aliphatic hydroxyl groups is 1. The number of nitrogens with zero attached hydrogens (tertiary/aromatic N) is 1. The molecule has 2 aromatic heterocycles. The molecule has 3 N–H and O–H groups in total. The molecular formula is C20H26IN3O2S. The Balaban J connectivity index is 0.00000261. The highest BCUT2D eigenvalue weighted by atomic mass is 127. The molecule has 146 valence electrons. The fourth-order valence-electron chi connectivity index (χ4n) is 2.80. The van der Waals surface area contributed by atoms with Crippen molar-refractivity contribution in [3.05, 3.63) is 58.0 Å². The van der Waals surface area contributed by atoms with E-state index in [0.29, 0.717) is 19.0 Å². The summed E-state index contributed by atoms with van der Waals surface area (Å²) in [7, 11) is 0. The summed E-state index contributed by atoms with van der Waals surface area (Å²) >= 11 is 1.58. The van der Waals surface area contributed by atoms with Crippen molar-refractivity contribution < 1.29 is 9.52 Å². The lowest BCUT2D eigenvalue weighted by molar-refractivity contribution is 0.0621. The lowest BCUT2D eigenvalue weighted by atomic mass is 9.99. The first-order chi connectivity index (χ1) is 12.5. The Kier molecular flexibility index (Phi) is 7.69. The normalized spacial score (nSPS) is 13.9. The summed E-state index contributed by atoms with van der Waals surface area (Å²) in [4.78, 5) is 4.62. The van der Waals surface area contributed by atoms with Crippen LogP contribution >= 0.6 is 35.3 Å². The second kappa shape index (κ2) is 9.57. The second-order valence-corrected chi connectivity index (χ2v) is 7.26. The van der Waals surface area contributed by atoms with Crippen LogP contribution in [-0.4, -0.2) is 24.2 Å². The lowest BCUT2D eigenvalue weighted by Gasteiger charge is -2.24. The number of aliphatic imine (C=N–C) groups is 1. The quantitative estimate of drug-likeness (QED) is 0.268. The topological polar surface area (TPSA) is 69.8 Å². The summed E-state index contributed by atoms with van der Waals surface area (Å²) in [5, 5.41) is 22.1. The number of halogens is 1. The first kappa shape index (κ1) is 21.7. The van der Waals surface area contributed by atoms with Crippen molar-refractivity contribution in [2.75, 3.05) is 13.1 Å². The van der Waals surface area contributed by atoms with E-state index in [2.05, 4.69) is 28.6 Å². The smallest absolute Gasteiger partial charge is 0.191 e. The van der Waals surface area contributed by atoms with E-state index in [9.17, 15) is 5.11 Å². The van der Waals surface area contributed by atoms with Crippen LogP contribution in [0.3, 0.4) is 0 Å². The fraction of sp³-hybridized carbons (Fsp3) is 0.350. The van der Waals surface area contributed by atoms with Crippen LogP contribution in [0.5, 0.6) is 0 Å². The second-order valence-electron chi connectivity index (χ2n) is 6.48. The van der Waals surface area contributed by atoms with Gasteiger partial charge in [-0.3, -0.25) is 0 Å². The van der Waals surface area contributed by atoms with E-state index < -0.39 is 5.60 Å². The van der Waals surface area contributed by atoms with E-state index in [1.165, 1.54) is 0 Å². The van der Waals surface area contributed by atoms with Crippen LogP contribution in [0.25, 0.3) is 11.0 Å². The molecule has 0 aliphatic heterocycles. The maximum atomic E-state index is 10.7. The summed E-state index contributed by atoms with van der Waals surface area (Å²) in [6.45, 7) is 7.42. The van der Waals surface area contributed by atoms with E-state index >= 15 is 0 Å². The Bertz CT molecular complexity index is 888. The molecule has 0 saturated carbocycles. The van der Waals surface area contributed by atoms with Gasteiger partial charge in [-0.05, 0) is 49.2 Å². The summed E-state index contributed by atoms with van der Waals surface area (Å²) in [5.74, 6) is 1.51. The number of furan rings is 1. The Hall–Kier alpha value is -1.58. The van der Waals surface area contributed by atoms with Gasteiger partial charge in [-0.25, -0.2) is 4.99 Å². The number of nitrogens with one attached hydrogen (secondary N) is 2. The molecular weight excluding hydrogens is 473 g/mol. The van der Waals surface area contributed by atoms with Gasteiger partial charge in [0.2, 0.25) is 0 Å². The average molecular weight is 499 g/mol. The molecule has 0 saturated heterocycles. The minimum absolute atomic E-state index is 0. The van der Waals surface area contributed by atoms with Crippen LogP contribution in [0, 0.1) is 6.92 Å². The molecule has 5 nitrogen and oxygen atoms in total. The molecule has 0 fully saturated rings. The van der Waals surface area contributed by atoms with Crippen LogP contribution in [0.1, 0.15) is 30.7 Å². The molecule has 3 aromatic rings. The molecule has 1 atom stereocenters. The first-order valence-corrected chi connectivity index (χ1v) is 9.70. The Morgan fingerprint density at radius 2 is 2.04 bits per heavy atom. The van der Waals surface area contributed by atoms with Crippen molar-refractivity contribution in [2.24, 2.45) is 4.99 Å². The van der Waals surface area contributed by atoms with Crippen molar-refractivity contribution in [3.63, 3.8) is 0 Å². The Morgan fingerprint density at radius 1 is 1.26 bits per heavy atom. The van der Waals surface area contributed by atoms with Gasteiger partial charge in [0.1, 0.15) is 23.5 Å². The van der Waals surface area contributed by atoms with Gasteiger partial charge in [-0.2, -0.15) is 11.3 Å². The molecule has 1 aromatic carbocycles. The first-order valence-electron chi connectivity index (χ1n) is 8.75. The molecule has 27 heavy (non-hydrogen) atoms. The molecule has 2 heterocycles. The summed E-state index contributed by atoms with van der Waals surface area (Å²) in [5.41, 5.74) is 1.95. The highest BCUT2D eigenvalue weighted by Gasteiger charge is 2.23. The van der Waals surface area contributed by atoms with E-state index in [0.717, 1.165) is 34.4 Å². The summed E-state index contributed by atoms with van der Waals surface area (Å²) in [6.07, 6.45) is 0. The monoisotopic (exact) mass is 499 g/mol. The summed E-state index contributed by atoms with van der Waals surface area (Å²) < 4.78 is 5.92. The van der Waals surface area contributed by atoms with Crippen molar-refractivity contribution in [2.45, 2.75) is 32.9 Å². The van der Waals surface area contributed by atoms with Crippen molar-refractivity contribution >= 4 is 52.2 Å². The van der Waals surface area contributed by atoms with Gasteiger partial charge in [0.25, 0.3) is 0 Å². The van der Waals surface area contributed by atoms with Crippen molar-refractivity contribution in [1.82, 2.24) is 10.6 Å². The van der Waals surface area contributed by atoms with Gasteiger partial charge >= 0.3 is 0 Å². The molecule has 1 unspecified atom stereocenters. The zero-order chi connectivity index (χ0) is 18.6. The van der Waals surface area contributed by atoms with Gasteiger partial charge in [0.05, 0.1) is 6.54 Å². The number of aryl methyl sites for hydroxylation is 1. The Labute approximate surface area is 180 Å². The molecule has 0 radical (unpaired) electrons. The van der Waals surface area contributed by atoms with Crippen molar-refractivity contribution in [1.29, 1.82) is 0 Å². The van der Waals surface area contributed by atoms with Crippen LogP contribution in [0.15, 0.2) is 50.5 Å². The zero-order valence-electron chi connectivity index (χ0n) is 15.8. The fourth-order valence-corrected chi connectivity index (χ4v) is 3.58. The zero-order valence-corrected chi connectivity index (χ0v) is 18.9. The van der Waals surface area contributed by atoms with Crippen LogP contribution in [0.2, 0.25) is 0 Å². The third kappa shape index (κ3) is 5.24. The lowest BCUT2D eigenvalue weighted by Crippen LogP contribution is -2.44. The van der Waals surface area contributed by atoms with Gasteiger partial charge < -0.3 is 20.2 Å². The minimum atomic E-state index is -0.953. The van der Waals surface area contributed by atoms with Gasteiger partial charge in [-0.15, -0.1) is 24.0 Å². The van der Waals surface area contributed by atoms with E-state index in [4.69, 9.17) is 4.42 Å². The molecule has 0 amide bonds. The maximum Gasteiger partial charge on any atom is 0.191 e. The maximum absolute atomic E-state index is 10.7. The van der Waals surface area contributed by atoms with Gasteiger partial charge in [0.15, 0.2) is 5.96 Å². The minimum Gasteiger partial charge on any atom is -0.459 e. The third-order valence-corrected chi connectivity index (χ3v) is 5.09. The van der Waals surface area contributed by atoms with E-state index in [1.807, 2.05) is 41.9 Å². The number of thiophene rings is 1. The number of rotatable bonds is 6. The van der Waals surface area contributed by atoms with Crippen LogP contribution in [0.4, 0.5) is 0 Å². The van der Waals surface area contributed by atoms with Crippen molar-refractivity contribution in [3.8, 4) is 0 Å². The number of guanidine groups is 1. The number of para-hydroxylation sites is 1. The molecule has 0 aliphatic carbocycles. The molecule has 3 rings (SSSR count). The predicted octanol–water partition coefficient (Wildman–Crippen LogP) is 4.38. The molecule has 0 bridgehead atoms. The predicted molar refractivity (Wildman–Crippen MR) is 123 cm³/mol. The number of hydrogen-bond donors (Lipinski definition) is 3. The standard InChI is InChI=1S/C20H25N3O2S.HI/c1-4-21-19(23-13-20(3,24)15-9-10-26-12-15)22-11-18-14(2)16-7-5-6-8-17(16)25-18;/h5-10,12,24H,4,11,13H2,1-3H3,(H2,21,22,23);1H. The van der Waals surface area contributed by atoms with Crippen LogP contribution < -0.4 is 10.6 Å². The SMILES string of the molecule is CCNC(=NCc1oc2ccccc2c1C)NCC(C)(O)c1ccsc1.I. The molecule has 0 aliphatic rings. The average Bonchev–Trinajstić information content (AvgIpc) is 3.27. The number of benzene rings is 1. The number of hydrogen-bond acceptors (Lipinski definition) is 4. The highest BCUT2D eigenvalue weighted by Crippen LogP contribution is 2.25. The summed E-state index contributed by atoms with van der Waals surface area (Å²) in [6, 6.07) is 9.95. The molecule has 0 spiro atoms. The largest absolute Gasteiger partial charge is 0.459 e. The highest BCUT2D eigenvalue weighted by molar-refractivity contribution is 14.0. The Morgan fingerprint density at radius 3 is 2.70 bits per heavy atom. The van der Waals surface area contributed by atoms with Gasteiger partial charge in [-0.1, -0.05) is 18.2 Å². The van der Waals surface area contributed by atoms with E-state index in [-0.39, 0.29) is 24.0 Å². The molecule has 7 heteroatoms. The number of fused-ring (bicyclic) bond motifs is 1. The third-order valence-electron chi connectivity index (χ3n) is 4.41.